The summed E-state index contributed by atoms with van der Waals surface area (Å²) >= 11 is 0. The van der Waals surface area contributed by atoms with E-state index in [0.717, 1.165) is 6.54 Å². The largest absolute Gasteiger partial charge is 0.384 e. The molecule has 1 N–H and O–H groups in total. The van der Waals surface area contributed by atoms with Gasteiger partial charge in [-0.05, 0) is 18.4 Å². The van der Waals surface area contributed by atoms with E-state index in [1.807, 2.05) is 30.3 Å². The predicted octanol–water partition coefficient (Wildman–Crippen LogP) is 2.28. The number of likely N-dealkylation sites (tertiary alicyclic amines) is 1. The molecule has 2 nitrogen and oxygen atoms in total. The van der Waals surface area contributed by atoms with Gasteiger partial charge >= 0.3 is 0 Å². The van der Waals surface area contributed by atoms with E-state index >= 15 is 0 Å². The highest BCUT2D eigenvalue weighted by Crippen LogP contribution is 2.29. The Morgan fingerprint density at radius 3 is 2.29 bits per heavy atom. The zero-order valence-electron chi connectivity index (χ0n) is 9.65. The van der Waals surface area contributed by atoms with Crippen LogP contribution in [-0.4, -0.2) is 35.1 Å². The molecule has 1 aromatic rings. The average Bonchev–Trinajstić information content (AvgIpc) is 2.33. The molecule has 17 heavy (non-hydrogen) atoms. The Balaban J connectivity index is 1.88. The van der Waals surface area contributed by atoms with E-state index in [1.165, 1.54) is 5.56 Å². The van der Waals surface area contributed by atoms with E-state index in [0.29, 0.717) is 13.1 Å². The zero-order valence-corrected chi connectivity index (χ0v) is 9.65. The first-order chi connectivity index (χ1) is 8.10. The van der Waals surface area contributed by atoms with E-state index in [4.69, 9.17) is 0 Å². The Bertz CT molecular complexity index is 348. The second-order valence-corrected chi connectivity index (χ2v) is 4.67. The fraction of sp³-hybridized carbons (Fsp3) is 0.538. The number of aliphatic hydroxyl groups is 1. The molecule has 0 spiro atoms. The van der Waals surface area contributed by atoms with Crippen LogP contribution in [0.2, 0.25) is 0 Å². The highest BCUT2D eigenvalue weighted by Gasteiger charge is 2.40. The van der Waals surface area contributed by atoms with Crippen LogP contribution in [-0.2, 0) is 6.54 Å². The standard InChI is InChI=1S/C13H17F2NO/c14-12(15)13(17)6-8-16(9-7-13)10-11-4-2-1-3-5-11/h1-5,12,17H,6-10H2. The van der Waals surface area contributed by atoms with E-state index in [-0.39, 0.29) is 12.8 Å². The van der Waals surface area contributed by atoms with Crippen LogP contribution in [0.15, 0.2) is 30.3 Å². The number of benzene rings is 1. The molecule has 94 valence electrons. The summed E-state index contributed by atoms with van der Waals surface area (Å²) in [6, 6.07) is 9.93. The van der Waals surface area contributed by atoms with Gasteiger partial charge < -0.3 is 5.11 Å². The molecule has 0 amide bonds. The topological polar surface area (TPSA) is 23.5 Å². The molecule has 0 unspecified atom stereocenters. The number of rotatable bonds is 3. The molecule has 2 rings (SSSR count). The van der Waals surface area contributed by atoms with Crippen LogP contribution in [0.25, 0.3) is 0 Å². The third kappa shape index (κ3) is 3.01. The molecule has 0 radical (unpaired) electrons. The third-order valence-corrected chi connectivity index (χ3v) is 3.38. The zero-order chi connectivity index (χ0) is 12.3. The van der Waals surface area contributed by atoms with Crippen molar-refractivity contribution in [1.82, 2.24) is 4.90 Å². The quantitative estimate of drug-likeness (QED) is 0.877. The van der Waals surface area contributed by atoms with Crippen LogP contribution < -0.4 is 0 Å². The molecule has 4 heteroatoms. The van der Waals surface area contributed by atoms with Crippen molar-refractivity contribution in [2.24, 2.45) is 0 Å². The number of nitrogens with zero attached hydrogens (tertiary/aromatic N) is 1. The maximum atomic E-state index is 12.6. The van der Waals surface area contributed by atoms with Crippen molar-refractivity contribution in [2.75, 3.05) is 13.1 Å². The van der Waals surface area contributed by atoms with Gasteiger partial charge in [-0.1, -0.05) is 30.3 Å². The van der Waals surface area contributed by atoms with Gasteiger partial charge in [0.1, 0.15) is 5.60 Å². The molecule has 0 aromatic heterocycles. The second kappa shape index (κ2) is 5.10. The lowest BCUT2D eigenvalue weighted by Gasteiger charge is -2.37. The van der Waals surface area contributed by atoms with Crippen molar-refractivity contribution in [3.05, 3.63) is 35.9 Å². The molecule has 0 atom stereocenters. The normalized spacial score (nSPS) is 20.7. The summed E-state index contributed by atoms with van der Waals surface area (Å²) in [4.78, 5) is 2.10. The van der Waals surface area contributed by atoms with Crippen LogP contribution in [0.5, 0.6) is 0 Å². The van der Waals surface area contributed by atoms with E-state index in [1.54, 1.807) is 0 Å². The van der Waals surface area contributed by atoms with Crippen molar-refractivity contribution < 1.29 is 13.9 Å². The predicted molar refractivity (Wildman–Crippen MR) is 61.9 cm³/mol. The summed E-state index contributed by atoms with van der Waals surface area (Å²) in [6.07, 6.45) is -2.34. The van der Waals surface area contributed by atoms with Crippen molar-refractivity contribution in [1.29, 1.82) is 0 Å². The first kappa shape index (κ1) is 12.5. The van der Waals surface area contributed by atoms with Crippen LogP contribution >= 0.6 is 0 Å². The lowest BCUT2D eigenvalue weighted by Crippen LogP contribution is -2.48. The number of hydrogen-bond donors (Lipinski definition) is 1. The molecule has 1 aromatic carbocycles. The third-order valence-electron chi connectivity index (χ3n) is 3.38. The fourth-order valence-corrected chi connectivity index (χ4v) is 2.16. The minimum absolute atomic E-state index is 0.150. The lowest BCUT2D eigenvalue weighted by atomic mass is 9.92. The minimum Gasteiger partial charge on any atom is -0.384 e. The Morgan fingerprint density at radius 2 is 1.76 bits per heavy atom. The number of piperidine rings is 1. The molecule has 0 bridgehead atoms. The molecule has 0 aliphatic carbocycles. The first-order valence-corrected chi connectivity index (χ1v) is 5.87. The van der Waals surface area contributed by atoms with Gasteiger partial charge in [0.05, 0.1) is 0 Å². The van der Waals surface area contributed by atoms with Gasteiger partial charge in [0.15, 0.2) is 0 Å². The Morgan fingerprint density at radius 1 is 1.18 bits per heavy atom. The smallest absolute Gasteiger partial charge is 0.266 e. The van der Waals surface area contributed by atoms with Gasteiger partial charge in [-0.15, -0.1) is 0 Å². The summed E-state index contributed by atoms with van der Waals surface area (Å²) in [6.45, 7) is 1.81. The van der Waals surface area contributed by atoms with E-state index in [2.05, 4.69) is 4.90 Å². The first-order valence-electron chi connectivity index (χ1n) is 5.87. The molecular formula is C13H17F2NO. The monoisotopic (exact) mass is 241 g/mol. The SMILES string of the molecule is OC1(C(F)F)CCN(Cc2ccccc2)CC1. The van der Waals surface area contributed by atoms with Gasteiger partial charge in [-0.2, -0.15) is 0 Å². The van der Waals surface area contributed by atoms with Crippen LogP contribution in [0.4, 0.5) is 8.78 Å². The van der Waals surface area contributed by atoms with Crippen LogP contribution in [0.3, 0.4) is 0 Å². The highest BCUT2D eigenvalue weighted by molar-refractivity contribution is 5.14. The highest BCUT2D eigenvalue weighted by atomic mass is 19.3. The molecule has 1 saturated heterocycles. The molecule has 1 aliphatic rings. The second-order valence-electron chi connectivity index (χ2n) is 4.67. The molecule has 1 heterocycles. The van der Waals surface area contributed by atoms with Crippen molar-refractivity contribution >= 4 is 0 Å². The van der Waals surface area contributed by atoms with Gasteiger partial charge in [0.2, 0.25) is 0 Å². The van der Waals surface area contributed by atoms with Crippen molar-refractivity contribution in [2.45, 2.75) is 31.4 Å². The minimum atomic E-state index is -2.64. The number of halogens is 2. The Hall–Kier alpha value is -1.00. The van der Waals surface area contributed by atoms with Gasteiger partial charge in [0.25, 0.3) is 6.43 Å². The Kier molecular flexibility index (Phi) is 3.74. The fourth-order valence-electron chi connectivity index (χ4n) is 2.16. The van der Waals surface area contributed by atoms with Crippen LogP contribution in [0, 0.1) is 0 Å². The van der Waals surface area contributed by atoms with E-state index < -0.39 is 12.0 Å². The van der Waals surface area contributed by atoms with Gasteiger partial charge in [-0.25, -0.2) is 8.78 Å². The molecule has 1 aliphatic heterocycles. The van der Waals surface area contributed by atoms with Gasteiger partial charge in [-0.3, -0.25) is 4.90 Å². The van der Waals surface area contributed by atoms with Crippen molar-refractivity contribution in [3.63, 3.8) is 0 Å². The lowest BCUT2D eigenvalue weighted by molar-refractivity contribution is -0.127. The summed E-state index contributed by atoms with van der Waals surface area (Å²) in [7, 11) is 0. The average molecular weight is 241 g/mol. The molecular weight excluding hydrogens is 224 g/mol. The number of hydrogen-bond acceptors (Lipinski definition) is 2. The summed E-state index contributed by atoms with van der Waals surface area (Å²) in [5, 5.41) is 9.66. The number of alkyl halides is 2. The Labute approximate surface area is 99.9 Å². The molecule has 1 fully saturated rings. The van der Waals surface area contributed by atoms with E-state index in [9.17, 15) is 13.9 Å². The molecule has 0 saturated carbocycles. The maximum absolute atomic E-state index is 12.6. The summed E-state index contributed by atoms with van der Waals surface area (Å²) in [5.74, 6) is 0. The summed E-state index contributed by atoms with van der Waals surface area (Å²) < 4.78 is 25.2. The van der Waals surface area contributed by atoms with Crippen LogP contribution in [0.1, 0.15) is 18.4 Å². The van der Waals surface area contributed by atoms with Crippen molar-refractivity contribution in [3.8, 4) is 0 Å². The summed E-state index contributed by atoms with van der Waals surface area (Å²) in [5.41, 5.74) is -0.595. The maximum Gasteiger partial charge on any atom is 0.266 e. The van der Waals surface area contributed by atoms with Gasteiger partial charge in [0, 0.05) is 19.6 Å².